The molecule has 20 heavy (non-hydrogen) atoms. The highest BCUT2D eigenvalue weighted by Crippen LogP contribution is 2.45. The van der Waals surface area contributed by atoms with Crippen molar-refractivity contribution in [1.82, 2.24) is 20.2 Å². The van der Waals surface area contributed by atoms with Crippen molar-refractivity contribution in [1.29, 1.82) is 0 Å². The highest BCUT2D eigenvalue weighted by Gasteiger charge is 2.47. The molecule has 0 radical (unpaired) electrons. The van der Waals surface area contributed by atoms with Gasteiger partial charge in [-0.2, -0.15) is 0 Å². The van der Waals surface area contributed by atoms with Crippen molar-refractivity contribution in [2.75, 3.05) is 19.6 Å². The van der Waals surface area contributed by atoms with E-state index in [9.17, 15) is 0 Å². The molecular weight excluding hydrogens is 248 g/mol. The lowest BCUT2D eigenvalue weighted by Crippen LogP contribution is -2.54. The Kier molecular flexibility index (Phi) is 4.32. The second-order valence-corrected chi connectivity index (χ2v) is 6.17. The van der Waals surface area contributed by atoms with Crippen LogP contribution in [0.2, 0.25) is 0 Å². The number of nitrogens with one attached hydrogen (secondary N) is 1. The van der Waals surface area contributed by atoms with Crippen LogP contribution >= 0.6 is 0 Å². The van der Waals surface area contributed by atoms with E-state index in [0.29, 0.717) is 6.04 Å². The number of likely N-dealkylation sites (tertiary alicyclic amines) is 1. The normalized spacial score (nSPS) is 24.1. The van der Waals surface area contributed by atoms with Crippen molar-refractivity contribution in [2.24, 2.45) is 0 Å². The zero-order valence-corrected chi connectivity index (χ0v) is 12.5. The fraction of sp³-hybridized carbons (Fsp3) is 0.750. The molecule has 1 aromatic rings. The molecular formula is C16H26N4. The van der Waals surface area contributed by atoms with Crippen LogP contribution < -0.4 is 5.32 Å². The average Bonchev–Trinajstić information content (AvgIpc) is 3.17. The first-order chi connectivity index (χ1) is 9.87. The van der Waals surface area contributed by atoms with Crippen molar-refractivity contribution >= 4 is 0 Å². The average molecular weight is 274 g/mol. The van der Waals surface area contributed by atoms with E-state index < -0.39 is 0 Å². The van der Waals surface area contributed by atoms with Gasteiger partial charge in [-0.25, -0.2) is 9.97 Å². The van der Waals surface area contributed by atoms with E-state index in [1.54, 1.807) is 6.33 Å². The molecule has 0 bridgehead atoms. The van der Waals surface area contributed by atoms with Gasteiger partial charge in [0.05, 0.1) is 6.04 Å². The molecule has 4 nitrogen and oxygen atoms in total. The van der Waals surface area contributed by atoms with Gasteiger partial charge < -0.3 is 5.32 Å². The van der Waals surface area contributed by atoms with Crippen molar-refractivity contribution < 1.29 is 0 Å². The van der Waals surface area contributed by atoms with E-state index in [-0.39, 0.29) is 5.54 Å². The van der Waals surface area contributed by atoms with Crippen LogP contribution in [0.15, 0.2) is 18.7 Å². The molecule has 110 valence electrons. The first kappa shape index (κ1) is 14.0. The molecule has 0 amide bonds. The molecule has 1 saturated heterocycles. The van der Waals surface area contributed by atoms with E-state index in [0.717, 1.165) is 6.54 Å². The second-order valence-electron chi connectivity index (χ2n) is 6.17. The summed E-state index contributed by atoms with van der Waals surface area (Å²) in [5.41, 5.74) is 1.54. The molecule has 0 aromatic carbocycles. The Balaban J connectivity index is 1.93. The van der Waals surface area contributed by atoms with Gasteiger partial charge in [0.1, 0.15) is 6.33 Å². The number of hydrogen-bond acceptors (Lipinski definition) is 4. The molecule has 2 heterocycles. The van der Waals surface area contributed by atoms with E-state index in [2.05, 4.69) is 27.1 Å². The standard InChI is InChI=1S/C16H26N4/c1-2-19-15(14-11-17-13-18-12-14)16(7-3-4-8-16)20-9-5-6-10-20/h11-13,15,19H,2-10H2,1H3. The van der Waals surface area contributed by atoms with Gasteiger partial charge in [0.25, 0.3) is 0 Å². The lowest BCUT2D eigenvalue weighted by atomic mass is 9.83. The first-order valence-electron chi connectivity index (χ1n) is 8.10. The Labute approximate surface area is 122 Å². The highest BCUT2D eigenvalue weighted by atomic mass is 15.2. The quantitative estimate of drug-likeness (QED) is 0.896. The number of likely N-dealkylation sites (N-methyl/N-ethyl adjacent to an activating group) is 1. The predicted octanol–water partition coefficient (Wildman–Crippen LogP) is 2.54. The lowest BCUT2D eigenvalue weighted by molar-refractivity contribution is 0.0768. The van der Waals surface area contributed by atoms with Crippen LogP contribution in [0.3, 0.4) is 0 Å². The molecule has 0 spiro atoms. The largest absolute Gasteiger partial charge is 0.309 e. The van der Waals surface area contributed by atoms with Gasteiger partial charge in [0, 0.05) is 23.5 Å². The van der Waals surface area contributed by atoms with Crippen LogP contribution in [0.1, 0.15) is 57.1 Å². The van der Waals surface area contributed by atoms with Crippen LogP contribution in [0.5, 0.6) is 0 Å². The summed E-state index contributed by atoms with van der Waals surface area (Å²) >= 11 is 0. The summed E-state index contributed by atoms with van der Waals surface area (Å²) in [6.07, 6.45) is 13.6. The maximum Gasteiger partial charge on any atom is 0.115 e. The lowest BCUT2D eigenvalue weighted by Gasteiger charge is -2.45. The van der Waals surface area contributed by atoms with Crippen molar-refractivity contribution in [3.63, 3.8) is 0 Å². The summed E-state index contributed by atoms with van der Waals surface area (Å²) < 4.78 is 0. The molecule has 3 rings (SSSR count). The Morgan fingerprint density at radius 3 is 2.40 bits per heavy atom. The molecule has 1 aromatic heterocycles. The molecule has 1 atom stereocenters. The Bertz CT molecular complexity index is 408. The Hall–Kier alpha value is -1.00. The van der Waals surface area contributed by atoms with Crippen LogP contribution in [0, 0.1) is 0 Å². The number of hydrogen-bond donors (Lipinski definition) is 1. The topological polar surface area (TPSA) is 41.1 Å². The van der Waals surface area contributed by atoms with E-state index in [4.69, 9.17) is 0 Å². The number of nitrogens with zero attached hydrogens (tertiary/aromatic N) is 3. The van der Waals surface area contributed by atoms with Crippen LogP contribution in [0.4, 0.5) is 0 Å². The van der Waals surface area contributed by atoms with E-state index >= 15 is 0 Å². The maximum atomic E-state index is 4.25. The van der Waals surface area contributed by atoms with Gasteiger partial charge in [0.2, 0.25) is 0 Å². The summed E-state index contributed by atoms with van der Waals surface area (Å²) in [6, 6.07) is 0.370. The molecule has 1 aliphatic heterocycles. The summed E-state index contributed by atoms with van der Waals surface area (Å²) in [6.45, 7) is 5.71. The summed E-state index contributed by atoms with van der Waals surface area (Å²) in [7, 11) is 0. The van der Waals surface area contributed by atoms with Crippen molar-refractivity contribution in [2.45, 2.75) is 57.0 Å². The monoisotopic (exact) mass is 274 g/mol. The maximum absolute atomic E-state index is 4.25. The van der Waals surface area contributed by atoms with Gasteiger partial charge in [-0.15, -0.1) is 0 Å². The highest BCUT2D eigenvalue weighted by molar-refractivity contribution is 5.19. The van der Waals surface area contributed by atoms with Crippen LogP contribution in [0.25, 0.3) is 0 Å². The minimum atomic E-state index is 0.289. The van der Waals surface area contributed by atoms with Crippen molar-refractivity contribution in [3.8, 4) is 0 Å². The smallest absolute Gasteiger partial charge is 0.115 e. The summed E-state index contributed by atoms with van der Waals surface area (Å²) in [4.78, 5) is 11.2. The first-order valence-corrected chi connectivity index (χ1v) is 8.10. The number of aromatic nitrogens is 2. The fourth-order valence-corrected chi connectivity index (χ4v) is 4.22. The summed E-state index contributed by atoms with van der Waals surface area (Å²) in [5, 5.41) is 3.74. The van der Waals surface area contributed by atoms with Crippen LogP contribution in [-0.4, -0.2) is 40.0 Å². The van der Waals surface area contributed by atoms with Crippen LogP contribution in [-0.2, 0) is 0 Å². The third kappa shape index (κ3) is 2.47. The Morgan fingerprint density at radius 1 is 1.15 bits per heavy atom. The van der Waals surface area contributed by atoms with Gasteiger partial charge in [-0.3, -0.25) is 4.90 Å². The minimum Gasteiger partial charge on any atom is -0.309 e. The molecule has 1 N–H and O–H groups in total. The third-order valence-corrected chi connectivity index (χ3v) is 5.06. The van der Waals surface area contributed by atoms with E-state index in [1.165, 1.54) is 57.2 Å². The molecule has 1 unspecified atom stereocenters. The predicted molar refractivity (Wildman–Crippen MR) is 80.5 cm³/mol. The third-order valence-electron chi connectivity index (χ3n) is 5.06. The number of rotatable bonds is 5. The van der Waals surface area contributed by atoms with Gasteiger partial charge in [-0.1, -0.05) is 19.8 Å². The van der Waals surface area contributed by atoms with Gasteiger partial charge in [0.15, 0.2) is 0 Å². The molecule has 2 fully saturated rings. The van der Waals surface area contributed by atoms with Crippen molar-refractivity contribution in [3.05, 3.63) is 24.3 Å². The molecule has 2 aliphatic rings. The molecule has 4 heteroatoms. The Morgan fingerprint density at radius 2 is 1.80 bits per heavy atom. The van der Waals surface area contributed by atoms with Gasteiger partial charge in [-0.05, 0) is 45.3 Å². The second kappa shape index (κ2) is 6.19. The minimum absolute atomic E-state index is 0.289. The zero-order valence-electron chi connectivity index (χ0n) is 12.5. The fourth-order valence-electron chi connectivity index (χ4n) is 4.22. The zero-order chi connectivity index (χ0) is 13.8. The summed E-state index contributed by atoms with van der Waals surface area (Å²) in [5.74, 6) is 0. The molecule has 1 saturated carbocycles. The molecule has 1 aliphatic carbocycles. The van der Waals surface area contributed by atoms with E-state index in [1.807, 2.05) is 12.4 Å². The SMILES string of the molecule is CCNC(c1cncnc1)C1(N2CCCC2)CCCC1. The van der Waals surface area contributed by atoms with Gasteiger partial charge >= 0.3 is 0 Å².